The van der Waals surface area contributed by atoms with Gasteiger partial charge in [-0.2, -0.15) is 10.1 Å². The van der Waals surface area contributed by atoms with Gasteiger partial charge in [0.15, 0.2) is 0 Å². The van der Waals surface area contributed by atoms with Crippen molar-refractivity contribution >= 4 is 29.8 Å². The molecule has 8 nitrogen and oxygen atoms in total. The Balaban J connectivity index is 1.44. The van der Waals surface area contributed by atoms with Crippen LogP contribution in [0, 0.1) is 0 Å². The van der Waals surface area contributed by atoms with Crippen LogP contribution >= 0.6 is 11.8 Å². The molecule has 2 aromatic heterocycles. The van der Waals surface area contributed by atoms with Gasteiger partial charge >= 0.3 is 0 Å². The van der Waals surface area contributed by atoms with Crippen molar-refractivity contribution in [3.63, 3.8) is 0 Å². The number of H-pyrrole nitrogens is 1. The number of aromatic nitrogens is 4. The smallest absolute Gasteiger partial charge is 0.240 e. The highest BCUT2D eigenvalue weighted by molar-refractivity contribution is 7.99. The average molecular weight is 381 g/mol. The van der Waals surface area contributed by atoms with Crippen LogP contribution in [0.3, 0.4) is 0 Å². The second-order valence-electron chi connectivity index (χ2n) is 5.61. The van der Waals surface area contributed by atoms with E-state index < -0.39 is 0 Å². The first-order chi connectivity index (χ1) is 13.2. The van der Waals surface area contributed by atoms with E-state index in [0.29, 0.717) is 11.1 Å². The predicted molar refractivity (Wildman–Crippen MR) is 106 cm³/mol. The number of carbonyl (C=O) groups excluding carboxylic acids is 1. The number of amides is 1. The van der Waals surface area contributed by atoms with Crippen LogP contribution in [0.5, 0.6) is 0 Å². The van der Waals surface area contributed by atoms with Crippen molar-refractivity contribution in [2.45, 2.75) is 18.1 Å². The first-order valence-corrected chi connectivity index (χ1v) is 9.28. The molecule has 0 unspecified atom stereocenters. The van der Waals surface area contributed by atoms with Crippen molar-refractivity contribution in [1.29, 1.82) is 0 Å². The molecule has 0 aliphatic rings. The van der Waals surface area contributed by atoms with E-state index in [4.69, 9.17) is 0 Å². The summed E-state index contributed by atoms with van der Waals surface area (Å²) in [5.74, 6) is 0.557. The minimum absolute atomic E-state index is 0.0498. The van der Waals surface area contributed by atoms with Crippen molar-refractivity contribution in [3.05, 3.63) is 66.0 Å². The molecule has 27 heavy (non-hydrogen) atoms. The lowest BCUT2D eigenvalue weighted by Gasteiger charge is -2.13. The maximum Gasteiger partial charge on any atom is 0.240 e. The van der Waals surface area contributed by atoms with Crippen LogP contribution in [0.1, 0.15) is 24.1 Å². The summed E-state index contributed by atoms with van der Waals surface area (Å²) in [6.45, 7) is 1.95. The third-order valence-electron chi connectivity index (χ3n) is 3.56. The highest BCUT2D eigenvalue weighted by Gasteiger charge is 2.11. The van der Waals surface area contributed by atoms with Crippen molar-refractivity contribution in [3.8, 4) is 0 Å². The van der Waals surface area contributed by atoms with Gasteiger partial charge in [-0.3, -0.25) is 9.78 Å². The van der Waals surface area contributed by atoms with Crippen LogP contribution in [-0.2, 0) is 4.79 Å². The van der Waals surface area contributed by atoms with Gasteiger partial charge in [-0.25, -0.2) is 10.5 Å². The molecule has 9 heteroatoms. The van der Waals surface area contributed by atoms with Gasteiger partial charge in [-0.15, -0.1) is 5.10 Å². The Morgan fingerprint density at radius 2 is 2.04 bits per heavy atom. The minimum Gasteiger partial charge on any atom is -0.349 e. The van der Waals surface area contributed by atoms with E-state index in [1.807, 2.05) is 49.4 Å². The van der Waals surface area contributed by atoms with E-state index >= 15 is 0 Å². The van der Waals surface area contributed by atoms with Gasteiger partial charge in [0.05, 0.1) is 18.0 Å². The molecule has 1 atom stereocenters. The molecule has 0 aliphatic heterocycles. The number of pyridine rings is 1. The fourth-order valence-corrected chi connectivity index (χ4v) is 2.83. The number of rotatable bonds is 8. The Morgan fingerprint density at radius 3 is 2.81 bits per heavy atom. The standard InChI is InChI=1S/C18H19N7OS/c1-13(15-5-3-2-4-6-15)21-16(26)12-27-18-22-17(24-25-18)23-20-11-14-7-9-19-10-8-14/h2-11,13H,12H2,1H3,(H,21,26)(H2,22,23,24,25)/b20-11-/t13-/m1/s1. The van der Waals surface area contributed by atoms with Gasteiger partial charge < -0.3 is 5.32 Å². The highest BCUT2D eigenvalue weighted by atomic mass is 32.2. The van der Waals surface area contributed by atoms with Crippen LogP contribution in [0.15, 0.2) is 65.1 Å². The number of hydrazone groups is 1. The Labute approximate surface area is 160 Å². The number of aromatic amines is 1. The molecular weight excluding hydrogens is 362 g/mol. The first kappa shape index (κ1) is 18.6. The van der Waals surface area contributed by atoms with E-state index in [-0.39, 0.29) is 17.7 Å². The Hall–Kier alpha value is -3.20. The van der Waals surface area contributed by atoms with Gasteiger partial charge in [-0.05, 0) is 30.2 Å². The van der Waals surface area contributed by atoms with Crippen LogP contribution in [0.25, 0.3) is 0 Å². The van der Waals surface area contributed by atoms with Crippen LogP contribution in [0.2, 0.25) is 0 Å². The molecular formula is C18H19N7OS. The average Bonchev–Trinajstić information content (AvgIpc) is 3.16. The summed E-state index contributed by atoms with van der Waals surface area (Å²) < 4.78 is 0. The number of nitrogens with one attached hydrogen (secondary N) is 3. The molecule has 0 aliphatic carbocycles. The largest absolute Gasteiger partial charge is 0.349 e. The molecule has 0 radical (unpaired) electrons. The summed E-state index contributed by atoms with van der Waals surface area (Å²) in [6.07, 6.45) is 5.03. The summed E-state index contributed by atoms with van der Waals surface area (Å²) in [7, 11) is 0. The zero-order chi connectivity index (χ0) is 18.9. The monoisotopic (exact) mass is 381 g/mol. The van der Waals surface area contributed by atoms with E-state index in [9.17, 15) is 4.79 Å². The minimum atomic E-state index is -0.0774. The van der Waals surface area contributed by atoms with Crippen molar-refractivity contribution in [2.24, 2.45) is 5.10 Å². The zero-order valence-corrected chi connectivity index (χ0v) is 15.5. The molecule has 0 saturated heterocycles. The second-order valence-corrected chi connectivity index (χ2v) is 6.55. The lowest BCUT2D eigenvalue weighted by molar-refractivity contribution is -0.119. The van der Waals surface area contributed by atoms with Crippen molar-refractivity contribution in [2.75, 3.05) is 11.2 Å². The van der Waals surface area contributed by atoms with E-state index in [0.717, 1.165) is 11.1 Å². The first-order valence-electron chi connectivity index (χ1n) is 8.29. The van der Waals surface area contributed by atoms with Crippen LogP contribution < -0.4 is 10.7 Å². The number of benzene rings is 1. The summed E-state index contributed by atoms with van der Waals surface area (Å²) in [5, 5.41) is 14.3. The second kappa shape index (κ2) is 9.48. The van der Waals surface area contributed by atoms with Crippen molar-refractivity contribution in [1.82, 2.24) is 25.5 Å². The Bertz CT molecular complexity index is 883. The number of thioether (sulfide) groups is 1. The van der Waals surface area contributed by atoms with Gasteiger partial charge in [0.1, 0.15) is 0 Å². The number of carbonyl (C=O) groups is 1. The SMILES string of the molecule is C[C@@H](NC(=O)CSc1n[nH]c(N/N=C\c2ccncc2)n1)c1ccccc1. The quantitative estimate of drug-likeness (QED) is 0.314. The van der Waals surface area contributed by atoms with Crippen LogP contribution in [-0.4, -0.2) is 38.0 Å². The molecule has 0 saturated carbocycles. The molecule has 1 amide bonds. The molecule has 3 aromatic rings. The topological polar surface area (TPSA) is 108 Å². The zero-order valence-electron chi connectivity index (χ0n) is 14.7. The molecule has 138 valence electrons. The van der Waals surface area contributed by atoms with Gasteiger partial charge in [0.25, 0.3) is 0 Å². The molecule has 3 N–H and O–H groups in total. The molecule has 1 aromatic carbocycles. The summed E-state index contributed by atoms with van der Waals surface area (Å²) >= 11 is 1.25. The number of nitrogens with zero attached hydrogens (tertiary/aromatic N) is 4. The maximum absolute atomic E-state index is 12.1. The van der Waals surface area contributed by atoms with E-state index in [2.05, 4.69) is 36.0 Å². The molecule has 3 rings (SSSR count). The number of hydrogen-bond acceptors (Lipinski definition) is 7. The van der Waals surface area contributed by atoms with Crippen LogP contribution in [0.4, 0.5) is 5.95 Å². The molecule has 2 heterocycles. The predicted octanol–water partition coefficient (Wildman–Crippen LogP) is 2.62. The lowest BCUT2D eigenvalue weighted by atomic mass is 10.1. The molecule has 0 bridgehead atoms. The van der Waals surface area contributed by atoms with E-state index in [1.54, 1.807) is 18.6 Å². The molecule has 0 spiro atoms. The summed E-state index contributed by atoms with van der Waals surface area (Å²) in [4.78, 5) is 20.3. The summed E-state index contributed by atoms with van der Waals surface area (Å²) in [5.41, 5.74) is 4.74. The Morgan fingerprint density at radius 1 is 1.26 bits per heavy atom. The van der Waals surface area contributed by atoms with Crippen molar-refractivity contribution < 1.29 is 4.79 Å². The van der Waals surface area contributed by atoms with Gasteiger partial charge in [0, 0.05) is 12.4 Å². The van der Waals surface area contributed by atoms with Gasteiger partial charge in [-0.1, -0.05) is 42.1 Å². The lowest BCUT2D eigenvalue weighted by Crippen LogP contribution is -2.28. The number of hydrogen-bond donors (Lipinski definition) is 3. The summed E-state index contributed by atoms with van der Waals surface area (Å²) in [6, 6.07) is 13.4. The number of anilines is 1. The fourth-order valence-electron chi connectivity index (χ4n) is 2.22. The highest BCUT2D eigenvalue weighted by Crippen LogP contribution is 2.15. The third kappa shape index (κ3) is 5.93. The maximum atomic E-state index is 12.1. The third-order valence-corrected chi connectivity index (χ3v) is 4.41. The molecule has 0 fully saturated rings. The van der Waals surface area contributed by atoms with Gasteiger partial charge in [0.2, 0.25) is 17.0 Å². The van der Waals surface area contributed by atoms with E-state index in [1.165, 1.54) is 11.8 Å². The Kier molecular flexibility index (Phi) is 6.53. The normalized spacial score (nSPS) is 12.0. The fraction of sp³-hybridized carbons (Fsp3) is 0.167.